The standard InChI is InChI=1S/C21H20FN3O5S/c1-11-12(2)31-20(24-19(26)13-3-4-13)18(11)21(27)29-10-17-23-16(25-30-17)9-28-15-7-5-14(22)6-8-15/h5-8,13H,3-4,9-10H2,1-2H3,(H,24,26). The fourth-order valence-corrected chi connectivity index (χ4v) is 3.86. The number of carbonyl (C=O) groups excluding carboxylic acids is 2. The van der Waals surface area contributed by atoms with Crippen molar-refractivity contribution in [2.24, 2.45) is 5.92 Å². The molecule has 3 aromatic rings. The molecule has 2 aromatic heterocycles. The van der Waals surface area contributed by atoms with Crippen LogP contribution < -0.4 is 10.1 Å². The fourth-order valence-electron chi connectivity index (χ4n) is 2.81. The summed E-state index contributed by atoms with van der Waals surface area (Å²) < 4.78 is 28.8. The first-order valence-corrected chi connectivity index (χ1v) is 10.5. The Morgan fingerprint density at radius 2 is 1.97 bits per heavy atom. The van der Waals surface area contributed by atoms with Crippen LogP contribution in [0.25, 0.3) is 0 Å². The largest absolute Gasteiger partial charge is 0.485 e. The number of esters is 1. The van der Waals surface area contributed by atoms with Gasteiger partial charge in [-0.3, -0.25) is 4.79 Å². The monoisotopic (exact) mass is 445 g/mol. The summed E-state index contributed by atoms with van der Waals surface area (Å²) in [5.74, 6) is -0.145. The van der Waals surface area contributed by atoms with Crippen LogP contribution in [0.5, 0.6) is 5.75 Å². The number of anilines is 1. The summed E-state index contributed by atoms with van der Waals surface area (Å²) in [6.07, 6.45) is 1.75. The minimum absolute atomic E-state index is 0.0171. The first-order chi connectivity index (χ1) is 14.9. The lowest BCUT2D eigenvalue weighted by atomic mass is 10.1. The second-order valence-electron chi connectivity index (χ2n) is 7.17. The van der Waals surface area contributed by atoms with Gasteiger partial charge in [-0.05, 0) is 56.5 Å². The molecule has 162 valence electrons. The van der Waals surface area contributed by atoms with Crippen molar-refractivity contribution in [3.05, 3.63) is 57.8 Å². The highest BCUT2D eigenvalue weighted by Gasteiger charge is 2.31. The molecule has 10 heteroatoms. The Morgan fingerprint density at radius 1 is 1.23 bits per heavy atom. The second-order valence-corrected chi connectivity index (χ2v) is 8.40. The Balaban J connectivity index is 1.34. The van der Waals surface area contributed by atoms with Crippen LogP contribution in [0.1, 0.15) is 45.4 Å². The van der Waals surface area contributed by atoms with Gasteiger partial charge in [0.1, 0.15) is 16.6 Å². The van der Waals surface area contributed by atoms with E-state index in [0.29, 0.717) is 16.3 Å². The second kappa shape index (κ2) is 8.84. The van der Waals surface area contributed by atoms with Crippen molar-refractivity contribution in [1.29, 1.82) is 0 Å². The van der Waals surface area contributed by atoms with Gasteiger partial charge < -0.3 is 19.3 Å². The minimum atomic E-state index is -0.574. The molecule has 1 aliphatic rings. The smallest absolute Gasteiger partial charge is 0.341 e. The molecule has 1 saturated carbocycles. The lowest BCUT2D eigenvalue weighted by molar-refractivity contribution is -0.117. The summed E-state index contributed by atoms with van der Waals surface area (Å²) in [4.78, 5) is 29.8. The molecule has 1 N–H and O–H groups in total. The Kier molecular flexibility index (Phi) is 5.99. The predicted octanol–water partition coefficient (Wildman–Crippen LogP) is 4.17. The maximum absolute atomic E-state index is 12.9. The molecule has 1 fully saturated rings. The lowest BCUT2D eigenvalue weighted by Crippen LogP contribution is -2.16. The van der Waals surface area contributed by atoms with E-state index in [0.717, 1.165) is 23.3 Å². The summed E-state index contributed by atoms with van der Waals surface area (Å²) in [6, 6.07) is 5.55. The topological polar surface area (TPSA) is 104 Å². The molecule has 1 aliphatic carbocycles. The number of carbonyl (C=O) groups is 2. The third-order valence-electron chi connectivity index (χ3n) is 4.79. The molecular formula is C21H20FN3O5S. The molecule has 31 heavy (non-hydrogen) atoms. The number of thiophene rings is 1. The number of ether oxygens (including phenoxy) is 2. The minimum Gasteiger partial charge on any atom is -0.485 e. The van der Waals surface area contributed by atoms with Gasteiger partial charge in [-0.15, -0.1) is 11.3 Å². The Morgan fingerprint density at radius 3 is 2.68 bits per heavy atom. The molecule has 0 bridgehead atoms. The maximum atomic E-state index is 12.9. The van der Waals surface area contributed by atoms with Gasteiger partial charge in [0.15, 0.2) is 13.2 Å². The van der Waals surface area contributed by atoms with E-state index in [-0.39, 0.29) is 42.6 Å². The highest BCUT2D eigenvalue weighted by Crippen LogP contribution is 2.36. The molecule has 1 aromatic carbocycles. The third kappa shape index (κ3) is 5.08. The van der Waals surface area contributed by atoms with Crippen molar-refractivity contribution in [1.82, 2.24) is 10.1 Å². The SMILES string of the molecule is Cc1sc(NC(=O)C2CC2)c(C(=O)OCc2nc(COc3ccc(F)cc3)no2)c1C. The third-order valence-corrected chi connectivity index (χ3v) is 5.92. The van der Waals surface area contributed by atoms with E-state index in [2.05, 4.69) is 15.5 Å². The van der Waals surface area contributed by atoms with Crippen molar-refractivity contribution in [3.63, 3.8) is 0 Å². The summed E-state index contributed by atoms with van der Waals surface area (Å²) >= 11 is 1.35. The van der Waals surface area contributed by atoms with Crippen molar-refractivity contribution < 1.29 is 28.0 Å². The molecule has 0 radical (unpaired) electrons. The van der Waals surface area contributed by atoms with E-state index < -0.39 is 5.97 Å². The van der Waals surface area contributed by atoms with Crippen LogP contribution in [0, 0.1) is 25.6 Å². The van der Waals surface area contributed by atoms with Gasteiger partial charge in [-0.1, -0.05) is 5.16 Å². The van der Waals surface area contributed by atoms with Crippen molar-refractivity contribution in [2.45, 2.75) is 39.9 Å². The lowest BCUT2D eigenvalue weighted by Gasteiger charge is -2.06. The van der Waals surface area contributed by atoms with Crippen LogP contribution >= 0.6 is 11.3 Å². The number of hydrogen-bond acceptors (Lipinski definition) is 8. The summed E-state index contributed by atoms with van der Waals surface area (Å²) in [5, 5.41) is 7.11. The van der Waals surface area contributed by atoms with Crippen LogP contribution in [-0.4, -0.2) is 22.0 Å². The van der Waals surface area contributed by atoms with E-state index in [9.17, 15) is 14.0 Å². The van der Waals surface area contributed by atoms with Gasteiger partial charge in [-0.25, -0.2) is 9.18 Å². The number of rotatable bonds is 8. The fraction of sp³-hybridized carbons (Fsp3) is 0.333. The number of halogens is 1. The van der Waals surface area contributed by atoms with Gasteiger partial charge in [0.25, 0.3) is 5.89 Å². The van der Waals surface area contributed by atoms with Crippen molar-refractivity contribution in [3.8, 4) is 5.75 Å². The van der Waals surface area contributed by atoms with Gasteiger partial charge in [0.2, 0.25) is 11.7 Å². The van der Waals surface area contributed by atoms with E-state index >= 15 is 0 Å². The Labute approximate surface area is 181 Å². The summed E-state index contributed by atoms with van der Waals surface area (Å²) in [5.41, 5.74) is 1.11. The quantitative estimate of drug-likeness (QED) is 0.519. The Hall–Kier alpha value is -3.27. The Bertz CT molecular complexity index is 1100. The number of aryl methyl sites for hydroxylation is 1. The number of aromatic nitrogens is 2. The molecule has 8 nitrogen and oxygen atoms in total. The highest BCUT2D eigenvalue weighted by molar-refractivity contribution is 7.16. The molecule has 0 saturated heterocycles. The van der Waals surface area contributed by atoms with Crippen LogP contribution in [0.3, 0.4) is 0 Å². The zero-order chi connectivity index (χ0) is 22.0. The first-order valence-electron chi connectivity index (χ1n) is 9.68. The number of amides is 1. The molecule has 1 amide bonds. The van der Waals surface area contributed by atoms with Crippen LogP contribution in [-0.2, 0) is 22.7 Å². The number of nitrogens with one attached hydrogen (secondary N) is 1. The normalized spacial score (nSPS) is 13.1. The zero-order valence-corrected chi connectivity index (χ0v) is 17.8. The van der Waals surface area contributed by atoms with Gasteiger partial charge in [0.05, 0.1) is 5.56 Å². The molecule has 4 rings (SSSR count). The number of hydrogen-bond donors (Lipinski definition) is 1. The van der Waals surface area contributed by atoms with Gasteiger partial charge in [0, 0.05) is 10.8 Å². The highest BCUT2D eigenvalue weighted by atomic mass is 32.1. The van der Waals surface area contributed by atoms with E-state index in [4.69, 9.17) is 14.0 Å². The summed E-state index contributed by atoms with van der Waals surface area (Å²) in [6.45, 7) is 3.50. The summed E-state index contributed by atoms with van der Waals surface area (Å²) in [7, 11) is 0. The van der Waals surface area contributed by atoms with Crippen LogP contribution in [0.2, 0.25) is 0 Å². The number of benzene rings is 1. The maximum Gasteiger partial charge on any atom is 0.341 e. The van der Waals surface area contributed by atoms with E-state index in [1.165, 1.54) is 35.6 Å². The molecule has 0 spiro atoms. The average Bonchev–Trinajstić information content (AvgIpc) is 3.44. The van der Waals surface area contributed by atoms with E-state index in [1.54, 1.807) is 0 Å². The van der Waals surface area contributed by atoms with Crippen molar-refractivity contribution in [2.75, 3.05) is 5.32 Å². The average molecular weight is 445 g/mol. The molecule has 0 aliphatic heterocycles. The van der Waals surface area contributed by atoms with Crippen molar-refractivity contribution >= 4 is 28.2 Å². The van der Waals surface area contributed by atoms with Gasteiger partial charge in [-0.2, -0.15) is 4.98 Å². The molecule has 0 unspecified atom stereocenters. The molecule has 0 atom stereocenters. The zero-order valence-electron chi connectivity index (χ0n) is 16.9. The molecule has 2 heterocycles. The van der Waals surface area contributed by atoms with Gasteiger partial charge >= 0.3 is 5.97 Å². The van der Waals surface area contributed by atoms with Crippen LogP contribution in [0.4, 0.5) is 9.39 Å². The van der Waals surface area contributed by atoms with Crippen LogP contribution in [0.15, 0.2) is 28.8 Å². The number of nitrogens with zero attached hydrogens (tertiary/aromatic N) is 2. The van der Waals surface area contributed by atoms with E-state index in [1.807, 2.05) is 13.8 Å². The predicted molar refractivity (Wildman–Crippen MR) is 109 cm³/mol. The molecular weight excluding hydrogens is 425 g/mol. The first kappa shape index (κ1) is 21.0.